The molecule has 1 fully saturated rings. The molecule has 0 radical (unpaired) electrons. The van der Waals surface area contributed by atoms with E-state index in [2.05, 4.69) is 25.8 Å². The van der Waals surface area contributed by atoms with Crippen LogP contribution in [0.5, 0.6) is 0 Å². The number of carbonyl (C=O) groups is 2. The number of aliphatic hydroxyl groups is 1. The van der Waals surface area contributed by atoms with Crippen LogP contribution in [0.25, 0.3) is 5.76 Å². The van der Waals surface area contributed by atoms with E-state index in [1.54, 1.807) is 48.8 Å². The van der Waals surface area contributed by atoms with Crippen LogP contribution in [0.4, 0.5) is 5.69 Å². The highest BCUT2D eigenvalue weighted by molar-refractivity contribution is 6.51. The molecule has 1 atom stereocenters. The second kappa shape index (κ2) is 7.84. The van der Waals surface area contributed by atoms with Gasteiger partial charge in [0.05, 0.1) is 11.6 Å². The Labute approximate surface area is 181 Å². The predicted molar refractivity (Wildman–Crippen MR) is 121 cm³/mol. The van der Waals surface area contributed by atoms with Gasteiger partial charge in [0.2, 0.25) is 0 Å². The van der Waals surface area contributed by atoms with Crippen LogP contribution < -0.4 is 4.90 Å². The quantitative estimate of drug-likeness (QED) is 0.373. The normalized spacial score (nSPS) is 18.4. The summed E-state index contributed by atoms with van der Waals surface area (Å²) in [5, 5.41) is 11.0. The molecule has 156 valence electrons. The Morgan fingerprint density at radius 3 is 2.10 bits per heavy atom. The van der Waals surface area contributed by atoms with Crippen LogP contribution in [-0.2, 0) is 15.0 Å². The maximum Gasteiger partial charge on any atom is 0.300 e. The van der Waals surface area contributed by atoms with Crippen molar-refractivity contribution in [2.24, 2.45) is 0 Å². The van der Waals surface area contributed by atoms with Gasteiger partial charge in [-0.2, -0.15) is 0 Å². The van der Waals surface area contributed by atoms with Gasteiger partial charge in [-0.15, -0.1) is 0 Å². The molecular formula is C26H24N2O3. The van der Waals surface area contributed by atoms with Crippen molar-refractivity contribution in [2.75, 3.05) is 4.90 Å². The second-order valence-electron chi connectivity index (χ2n) is 8.61. The zero-order valence-electron chi connectivity index (χ0n) is 17.7. The van der Waals surface area contributed by atoms with Gasteiger partial charge in [0, 0.05) is 23.6 Å². The summed E-state index contributed by atoms with van der Waals surface area (Å²) >= 11 is 0. The number of hydrogen-bond acceptors (Lipinski definition) is 4. The average Bonchev–Trinajstić information content (AvgIpc) is 3.04. The summed E-state index contributed by atoms with van der Waals surface area (Å²) in [6, 6.07) is 19.2. The van der Waals surface area contributed by atoms with Crippen molar-refractivity contribution >= 4 is 23.1 Å². The lowest BCUT2D eigenvalue weighted by Crippen LogP contribution is -2.29. The monoisotopic (exact) mass is 412 g/mol. The molecule has 1 aliphatic heterocycles. The molecule has 1 aromatic heterocycles. The number of benzene rings is 2. The highest BCUT2D eigenvalue weighted by atomic mass is 16.3. The van der Waals surface area contributed by atoms with Gasteiger partial charge in [-0.25, -0.2) is 0 Å². The van der Waals surface area contributed by atoms with Crippen molar-refractivity contribution in [3.8, 4) is 0 Å². The van der Waals surface area contributed by atoms with E-state index < -0.39 is 17.7 Å². The van der Waals surface area contributed by atoms with Crippen LogP contribution in [-0.4, -0.2) is 21.8 Å². The summed E-state index contributed by atoms with van der Waals surface area (Å²) < 4.78 is 0. The maximum absolute atomic E-state index is 13.1. The molecule has 4 rings (SSSR count). The van der Waals surface area contributed by atoms with Gasteiger partial charge >= 0.3 is 0 Å². The molecule has 1 aliphatic rings. The fraction of sp³-hybridized carbons (Fsp3) is 0.192. The number of Topliss-reactive ketones (excluding diaryl/α,β-unsaturated/α-hetero) is 1. The van der Waals surface area contributed by atoms with Crippen LogP contribution in [0, 0.1) is 0 Å². The number of aliphatic hydroxyl groups excluding tert-OH is 1. The predicted octanol–water partition coefficient (Wildman–Crippen LogP) is 5.01. The number of carbonyl (C=O) groups excluding carboxylic acids is 2. The standard InChI is InChI=1S/C26H24N2O3/c1-26(2,3)19-9-11-20(12-10-19)28-22(17-13-15-27-16-14-17)21(24(30)25(28)31)23(29)18-7-5-4-6-8-18/h4-16,22,29H,1-3H3/b23-21+. The molecule has 2 heterocycles. The average molecular weight is 412 g/mol. The summed E-state index contributed by atoms with van der Waals surface area (Å²) in [6.45, 7) is 6.35. The number of rotatable bonds is 3. The van der Waals surface area contributed by atoms with Crippen molar-refractivity contribution in [1.82, 2.24) is 4.98 Å². The Morgan fingerprint density at radius 1 is 0.903 bits per heavy atom. The van der Waals surface area contributed by atoms with Gasteiger partial charge in [0.25, 0.3) is 11.7 Å². The molecule has 5 heteroatoms. The first-order valence-corrected chi connectivity index (χ1v) is 10.2. The van der Waals surface area contributed by atoms with E-state index in [0.717, 1.165) is 5.56 Å². The van der Waals surface area contributed by atoms with E-state index in [-0.39, 0.29) is 16.7 Å². The molecule has 0 bridgehead atoms. The van der Waals surface area contributed by atoms with Gasteiger partial charge < -0.3 is 5.11 Å². The van der Waals surface area contributed by atoms with Crippen molar-refractivity contribution in [2.45, 2.75) is 32.2 Å². The van der Waals surface area contributed by atoms with Crippen LogP contribution in [0.1, 0.15) is 43.5 Å². The summed E-state index contributed by atoms with van der Waals surface area (Å²) in [5.41, 5.74) is 2.95. The third-order valence-corrected chi connectivity index (χ3v) is 5.52. The first-order valence-electron chi connectivity index (χ1n) is 10.2. The zero-order chi connectivity index (χ0) is 22.2. The molecule has 0 aliphatic carbocycles. The van der Waals surface area contributed by atoms with Gasteiger partial charge in [0.1, 0.15) is 5.76 Å². The third-order valence-electron chi connectivity index (χ3n) is 5.52. The highest BCUT2D eigenvalue weighted by Gasteiger charge is 2.46. The van der Waals surface area contributed by atoms with Gasteiger partial charge in [-0.3, -0.25) is 19.5 Å². The Hall–Kier alpha value is -3.73. The van der Waals surface area contributed by atoms with E-state index in [9.17, 15) is 14.7 Å². The first-order chi connectivity index (χ1) is 14.8. The molecule has 0 saturated carbocycles. The van der Waals surface area contributed by atoms with Crippen LogP contribution in [0.15, 0.2) is 84.7 Å². The number of ketones is 1. The Kier molecular flexibility index (Phi) is 5.19. The minimum Gasteiger partial charge on any atom is -0.507 e. The molecular weight excluding hydrogens is 388 g/mol. The summed E-state index contributed by atoms with van der Waals surface area (Å²) in [4.78, 5) is 31.7. The number of nitrogens with zero attached hydrogens (tertiary/aromatic N) is 2. The van der Waals surface area contributed by atoms with E-state index in [1.165, 1.54) is 4.90 Å². The van der Waals surface area contributed by atoms with Crippen LogP contribution in [0.2, 0.25) is 0 Å². The number of aromatic nitrogens is 1. The number of hydrogen-bond donors (Lipinski definition) is 1. The molecule has 1 unspecified atom stereocenters. The molecule has 1 amide bonds. The Bertz CT molecular complexity index is 1140. The molecule has 2 aromatic carbocycles. The lowest BCUT2D eigenvalue weighted by molar-refractivity contribution is -0.132. The molecule has 1 saturated heterocycles. The minimum atomic E-state index is -0.747. The molecule has 5 nitrogen and oxygen atoms in total. The third kappa shape index (κ3) is 3.75. The molecule has 3 aromatic rings. The fourth-order valence-electron chi connectivity index (χ4n) is 3.83. The number of anilines is 1. The van der Waals surface area contributed by atoms with E-state index in [1.807, 2.05) is 30.3 Å². The number of amides is 1. The Morgan fingerprint density at radius 2 is 1.52 bits per heavy atom. The van der Waals surface area contributed by atoms with E-state index >= 15 is 0 Å². The molecule has 0 spiro atoms. The maximum atomic E-state index is 13.1. The van der Waals surface area contributed by atoms with Crippen molar-refractivity contribution in [1.29, 1.82) is 0 Å². The zero-order valence-corrected chi connectivity index (χ0v) is 17.7. The second-order valence-corrected chi connectivity index (χ2v) is 8.61. The van der Waals surface area contributed by atoms with Gasteiger partial charge in [0.15, 0.2) is 0 Å². The van der Waals surface area contributed by atoms with Crippen LogP contribution >= 0.6 is 0 Å². The van der Waals surface area contributed by atoms with Gasteiger partial charge in [-0.1, -0.05) is 63.2 Å². The minimum absolute atomic E-state index is 0.0372. The van der Waals surface area contributed by atoms with Crippen molar-refractivity contribution < 1.29 is 14.7 Å². The van der Waals surface area contributed by atoms with Crippen molar-refractivity contribution in [3.63, 3.8) is 0 Å². The SMILES string of the molecule is CC(C)(C)c1ccc(N2C(=O)C(=O)/C(=C(/O)c3ccccc3)C2c2ccncc2)cc1. The highest BCUT2D eigenvalue weighted by Crippen LogP contribution is 2.42. The largest absolute Gasteiger partial charge is 0.507 e. The summed E-state index contributed by atoms with van der Waals surface area (Å²) in [6.07, 6.45) is 3.22. The van der Waals surface area contributed by atoms with Gasteiger partial charge in [-0.05, 0) is 40.8 Å². The lowest BCUT2D eigenvalue weighted by Gasteiger charge is -2.26. The van der Waals surface area contributed by atoms with E-state index in [4.69, 9.17) is 0 Å². The lowest BCUT2D eigenvalue weighted by atomic mass is 9.87. The van der Waals surface area contributed by atoms with Crippen molar-refractivity contribution in [3.05, 3.63) is 101 Å². The smallest absolute Gasteiger partial charge is 0.300 e. The molecule has 1 N–H and O–H groups in total. The molecule has 31 heavy (non-hydrogen) atoms. The first kappa shape index (κ1) is 20.5. The Balaban J connectivity index is 1.89. The van der Waals surface area contributed by atoms with Crippen LogP contribution in [0.3, 0.4) is 0 Å². The fourth-order valence-corrected chi connectivity index (χ4v) is 3.83. The topological polar surface area (TPSA) is 70.5 Å². The van der Waals surface area contributed by atoms with E-state index in [0.29, 0.717) is 16.8 Å². The summed E-state index contributed by atoms with van der Waals surface area (Å²) in [5.74, 6) is -1.56. The number of pyridine rings is 1. The summed E-state index contributed by atoms with van der Waals surface area (Å²) in [7, 11) is 0.